The molecule has 5 heteroatoms. The first kappa shape index (κ1) is 14.9. The van der Waals surface area contributed by atoms with Gasteiger partial charge in [0.05, 0.1) is 23.7 Å². The summed E-state index contributed by atoms with van der Waals surface area (Å²) in [4.78, 5) is 19.7. The molecule has 1 N–H and O–H groups in total. The molecule has 4 nitrogen and oxygen atoms in total. The highest BCUT2D eigenvalue weighted by atomic mass is 79.9. The average molecular weight is 381 g/mol. The summed E-state index contributed by atoms with van der Waals surface area (Å²) in [6.45, 7) is 0. The molecule has 0 atom stereocenters. The summed E-state index contributed by atoms with van der Waals surface area (Å²) in [5.74, 6) is 0.415. The highest BCUT2D eigenvalue weighted by Crippen LogP contribution is 2.32. The Morgan fingerprint density at radius 2 is 1.88 bits per heavy atom. The van der Waals surface area contributed by atoms with E-state index in [1.54, 1.807) is 12.1 Å². The number of imidazole rings is 1. The fourth-order valence-electron chi connectivity index (χ4n) is 2.86. The van der Waals surface area contributed by atoms with E-state index in [4.69, 9.17) is 4.74 Å². The molecule has 0 aliphatic carbocycles. The van der Waals surface area contributed by atoms with Crippen LogP contribution in [0.2, 0.25) is 0 Å². The zero-order valence-corrected chi connectivity index (χ0v) is 14.4. The molecule has 4 rings (SSSR count). The summed E-state index contributed by atoms with van der Waals surface area (Å²) < 4.78 is 5.82. The molecule has 0 fully saturated rings. The number of carbonyl (C=O) groups excluding carboxylic acids is 1. The molecule has 0 saturated carbocycles. The lowest BCUT2D eigenvalue weighted by Gasteiger charge is -2.05. The SMILES string of the molecule is COC(=O)c1ccc2nc(-c3cccc4c(Br)cccc34)[nH]c2c1. The molecule has 0 amide bonds. The number of hydrogen-bond donors (Lipinski definition) is 1. The van der Waals surface area contributed by atoms with Gasteiger partial charge in [-0.3, -0.25) is 0 Å². The first-order valence-corrected chi connectivity index (χ1v) is 8.22. The second-order valence-corrected chi connectivity index (χ2v) is 6.30. The van der Waals surface area contributed by atoms with Gasteiger partial charge < -0.3 is 9.72 Å². The van der Waals surface area contributed by atoms with E-state index in [-0.39, 0.29) is 5.97 Å². The largest absolute Gasteiger partial charge is 0.465 e. The maximum Gasteiger partial charge on any atom is 0.337 e. The van der Waals surface area contributed by atoms with E-state index in [0.717, 1.165) is 37.7 Å². The highest BCUT2D eigenvalue weighted by Gasteiger charge is 2.12. The number of benzene rings is 3. The molecule has 0 unspecified atom stereocenters. The standard InChI is InChI=1S/C19H13BrN2O2/c1-24-19(23)11-8-9-16-17(10-11)22-18(21-16)14-6-2-5-13-12(14)4-3-7-15(13)20/h2-10H,1H3,(H,21,22). The maximum absolute atomic E-state index is 11.7. The fraction of sp³-hybridized carbons (Fsp3) is 0.0526. The van der Waals surface area contributed by atoms with E-state index in [1.807, 2.05) is 30.3 Å². The predicted octanol–water partition coefficient (Wildman–Crippen LogP) is 4.93. The topological polar surface area (TPSA) is 55.0 Å². The van der Waals surface area contributed by atoms with Gasteiger partial charge in [0.25, 0.3) is 0 Å². The van der Waals surface area contributed by atoms with Gasteiger partial charge in [0.15, 0.2) is 0 Å². The summed E-state index contributed by atoms with van der Waals surface area (Å²) in [5.41, 5.74) is 3.13. The van der Waals surface area contributed by atoms with Crippen molar-refractivity contribution in [2.45, 2.75) is 0 Å². The van der Waals surface area contributed by atoms with Crippen molar-refractivity contribution in [3.63, 3.8) is 0 Å². The number of rotatable bonds is 2. The zero-order chi connectivity index (χ0) is 16.7. The molecule has 4 aromatic rings. The Balaban J connectivity index is 1.91. The number of nitrogens with zero attached hydrogens (tertiary/aromatic N) is 1. The monoisotopic (exact) mass is 380 g/mol. The summed E-state index contributed by atoms with van der Waals surface area (Å²) in [7, 11) is 1.37. The average Bonchev–Trinajstić information content (AvgIpc) is 3.04. The Labute approximate surface area is 146 Å². The Morgan fingerprint density at radius 3 is 2.71 bits per heavy atom. The molecule has 0 aliphatic rings. The van der Waals surface area contributed by atoms with Crippen molar-refractivity contribution in [3.8, 4) is 11.4 Å². The second kappa shape index (κ2) is 5.76. The van der Waals surface area contributed by atoms with Gasteiger partial charge in [-0.05, 0) is 35.0 Å². The van der Waals surface area contributed by atoms with Crippen molar-refractivity contribution in [1.82, 2.24) is 9.97 Å². The van der Waals surface area contributed by atoms with Crippen LogP contribution >= 0.6 is 15.9 Å². The third kappa shape index (κ3) is 2.37. The van der Waals surface area contributed by atoms with Crippen LogP contribution in [-0.2, 0) is 4.74 Å². The maximum atomic E-state index is 11.7. The molecule has 118 valence electrons. The lowest BCUT2D eigenvalue weighted by Crippen LogP contribution is -2.00. The van der Waals surface area contributed by atoms with Crippen molar-refractivity contribution < 1.29 is 9.53 Å². The Hall–Kier alpha value is -2.66. The van der Waals surface area contributed by atoms with Gasteiger partial charge in [-0.2, -0.15) is 0 Å². The summed E-state index contributed by atoms with van der Waals surface area (Å²) in [6.07, 6.45) is 0. The highest BCUT2D eigenvalue weighted by molar-refractivity contribution is 9.10. The van der Waals surface area contributed by atoms with E-state index in [2.05, 4.69) is 38.0 Å². The minimum Gasteiger partial charge on any atom is -0.465 e. The second-order valence-electron chi connectivity index (χ2n) is 5.45. The molecule has 0 spiro atoms. The van der Waals surface area contributed by atoms with Crippen molar-refractivity contribution in [1.29, 1.82) is 0 Å². The number of aromatic nitrogens is 2. The minimum atomic E-state index is -0.359. The number of fused-ring (bicyclic) bond motifs is 2. The van der Waals surface area contributed by atoms with Gasteiger partial charge in [-0.1, -0.05) is 46.3 Å². The van der Waals surface area contributed by atoms with Crippen molar-refractivity contribution >= 4 is 43.7 Å². The van der Waals surface area contributed by atoms with E-state index in [9.17, 15) is 4.79 Å². The van der Waals surface area contributed by atoms with Crippen LogP contribution in [0, 0.1) is 0 Å². The number of methoxy groups -OCH3 is 1. The van der Waals surface area contributed by atoms with Gasteiger partial charge in [-0.15, -0.1) is 0 Å². The predicted molar refractivity (Wildman–Crippen MR) is 98.1 cm³/mol. The number of hydrogen-bond acceptors (Lipinski definition) is 3. The van der Waals surface area contributed by atoms with Crippen LogP contribution in [-0.4, -0.2) is 23.0 Å². The Kier molecular flexibility index (Phi) is 3.58. The van der Waals surface area contributed by atoms with E-state index in [0.29, 0.717) is 5.56 Å². The number of nitrogens with one attached hydrogen (secondary N) is 1. The van der Waals surface area contributed by atoms with Crippen molar-refractivity contribution in [2.24, 2.45) is 0 Å². The van der Waals surface area contributed by atoms with Crippen LogP contribution in [0.1, 0.15) is 10.4 Å². The Morgan fingerprint density at radius 1 is 1.08 bits per heavy atom. The third-order valence-electron chi connectivity index (χ3n) is 4.03. The lowest BCUT2D eigenvalue weighted by atomic mass is 10.0. The molecule has 0 bridgehead atoms. The fourth-order valence-corrected chi connectivity index (χ4v) is 3.36. The molecule has 24 heavy (non-hydrogen) atoms. The third-order valence-corrected chi connectivity index (χ3v) is 4.72. The van der Waals surface area contributed by atoms with Gasteiger partial charge in [-0.25, -0.2) is 9.78 Å². The molecule has 1 heterocycles. The normalized spacial score (nSPS) is 11.1. The number of ether oxygens (including phenoxy) is 1. The van der Waals surface area contributed by atoms with E-state index in [1.165, 1.54) is 7.11 Å². The lowest BCUT2D eigenvalue weighted by molar-refractivity contribution is 0.0601. The first-order valence-electron chi connectivity index (χ1n) is 7.43. The van der Waals surface area contributed by atoms with Crippen LogP contribution in [0.5, 0.6) is 0 Å². The van der Waals surface area contributed by atoms with Crippen molar-refractivity contribution in [3.05, 3.63) is 64.6 Å². The van der Waals surface area contributed by atoms with Crippen LogP contribution in [0.15, 0.2) is 59.1 Å². The smallest absolute Gasteiger partial charge is 0.337 e. The van der Waals surface area contributed by atoms with Crippen molar-refractivity contribution in [2.75, 3.05) is 7.11 Å². The van der Waals surface area contributed by atoms with Crippen LogP contribution in [0.25, 0.3) is 33.2 Å². The molecule has 0 radical (unpaired) electrons. The number of aromatic amines is 1. The summed E-state index contributed by atoms with van der Waals surface area (Å²) in [5, 5.41) is 2.24. The quantitative estimate of drug-likeness (QED) is 0.501. The molecule has 1 aromatic heterocycles. The molecule has 0 aliphatic heterocycles. The number of esters is 1. The van der Waals surface area contributed by atoms with Gasteiger partial charge in [0, 0.05) is 10.0 Å². The Bertz CT molecular complexity index is 1090. The zero-order valence-electron chi connectivity index (χ0n) is 12.8. The van der Waals surface area contributed by atoms with Gasteiger partial charge >= 0.3 is 5.97 Å². The number of halogens is 1. The van der Waals surface area contributed by atoms with E-state index >= 15 is 0 Å². The molecule has 3 aromatic carbocycles. The van der Waals surface area contributed by atoms with Gasteiger partial charge in [0.1, 0.15) is 5.82 Å². The van der Waals surface area contributed by atoms with Gasteiger partial charge in [0.2, 0.25) is 0 Å². The molecular weight excluding hydrogens is 368 g/mol. The number of carbonyl (C=O) groups is 1. The summed E-state index contributed by atoms with van der Waals surface area (Å²) >= 11 is 3.59. The van der Waals surface area contributed by atoms with Crippen LogP contribution in [0.4, 0.5) is 0 Å². The first-order chi connectivity index (χ1) is 11.7. The van der Waals surface area contributed by atoms with Crippen LogP contribution < -0.4 is 0 Å². The van der Waals surface area contributed by atoms with Crippen LogP contribution in [0.3, 0.4) is 0 Å². The molecular formula is C19H13BrN2O2. The summed E-state index contributed by atoms with van der Waals surface area (Å²) in [6, 6.07) is 17.5. The minimum absolute atomic E-state index is 0.359. The number of H-pyrrole nitrogens is 1. The molecule has 0 saturated heterocycles. The van der Waals surface area contributed by atoms with E-state index < -0.39 is 0 Å².